The van der Waals surface area contributed by atoms with Crippen LogP contribution in [0.3, 0.4) is 0 Å². The minimum atomic E-state index is -0.813. The van der Waals surface area contributed by atoms with E-state index in [0.29, 0.717) is 19.3 Å². The molecule has 0 aromatic rings. The summed E-state index contributed by atoms with van der Waals surface area (Å²) in [5.74, 6) is -0.980. The summed E-state index contributed by atoms with van der Waals surface area (Å²) in [4.78, 5) is 38.1. The predicted octanol–water partition coefficient (Wildman–Crippen LogP) is 19.1. The summed E-state index contributed by atoms with van der Waals surface area (Å²) in [5.41, 5.74) is 0. The minimum Gasteiger partial charge on any atom is -0.462 e. The maximum atomic E-state index is 12.9. The third-order valence-electron chi connectivity index (χ3n) is 11.9. The first-order valence-electron chi connectivity index (χ1n) is 28.5. The summed E-state index contributed by atoms with van der Waals surface area (Å²) in [6, 6.07) is 0. The standard InChI is InChI=1S/C63H104O6/c1-4-7-10-13-16-19-22-25-28-30-32-35-38-41-44-47-50-53-56-62(65)68-59-60(58-67-61(64)55-52-49-46-43-40-37-34-27-24-21-18-15-12-9-6-3)69-63(66)57-54-51-48-45-42-39-36-33-31-29-26-23-20-17-14-11-8-5-2/h9,12,15,18,21,24,27-37,40,60H,4-8,10-11,13-14,16-17,19-20,22-23,25-26,38-39,41-59H2,1-3H3/b12-9-,18-15-,24-21-,30-28-,31-29-,34-27-,35-32-,36-33-,40-37-. The van der Waals surface area contributed by atoms with Crippen molar-refractivity contribution in [1.82, 2.24) is 0 Å². The van der Waals surface area contributed by atoms with E-state index >= 15 is 0 Å². The second kappa shape index (κ2) is 56.7. The number of rotatable bonds is 50. The van der Waals surface area contributed by atoms with E-state index in [1.165, 1.54) is 103 Å². The Hall–Kier alpha value is -3.93. The molecule has 0 amide bonds. The number of unbranched alkanes of at least 4 members (excludes halogenated alkanes) is 27. The summed E-state index contributed by atoms with van der Waals surface area (Å²) in [5, 5.41) is 0. The van der Waals surface area contributed by atoms with Gasteiger partial charge in [0.15, 0.2) is 6.10 Å². The smallest absolute Gasteiger partial charge is 0.306 e. The van der Waals surface area contributed by atoms with Gasteiger partial charge in [-0.05, 0) is 89.9 Å². The molecule has 0 rings (SSSR count). The molecule has 0 aliphatic rings. The van der Waals surface area contributed by atoms with E-state index in [1.807, 2.05) is 48.6 Å². The van der Waals surface area contributed by atoms with Gasteiger partial charge < -0.3 is 14.2 Å². The Morgan fingerprint density at radius 3 is 0.913 bits per heavy atom. The summed E-state index contributed by atoms with van der Waals surface area (Å²) in [6.07, 6.45) is 76.5. The fourth-order valence-electron chi connectivity index (χ4n) is 7.62. The Labute approximate surface area is 425 Å². The fraction of sp³-hybridized carbons (Fsp3) is 0.667. The molecule has 0 fully saturated rings. The van der Waals surface area contributed by atoms with E-state index in [1.54, 1.807) is 0 Å². The van der Waals surface area contributed by atoms with Gasteiger partial charge in [-0.25, -0.2) is 0 Å². The van der Waals surface area contributed by atoms with Crippen molar-refractivity contribution < 1.29 is 28.6 Å². The van der Waals surface area contributed by atoms with Crippen molar-refractivity contribution in [3.05, 3.63) is 109 Å². The molecule has 1 unspecified atom stereocenters. The van der Waals surface area contributed by atoms with Crippen molar-refractivity contribution in [3.63, 3.8) is 0 Å². The first-order chi connectivity index (χ1) is 34.0. The predicted molar refractivity (Wildman–Crippen MR) is 297 cm³/mol. The van der Waals surface area contributed by atoms with Crippen LogP contribution >= 0.6 is 0 Å². The topological polar surface area (TPSA) is 78.9 Å². The van der Waals surface area contributed by atoms with Crippen LogP contribution in [0.5, 0.6) is 0 Å². The highest BCUT2D eigenvalue weighted by atomic mass is 16.6. The molecule has 0 spiro atoms. The van der Waals surface area contributed by atoms with E-state index < -0.39 is 6.10 Å². The normalized spacial score (nSPS) is 12.9. The molecular weight excluding hydrogens is 853 g/mol. The third-order valence-corrected chi connectivity index (χ3v) is 11.9. The maximum Gasteiger partial charge on any atom is 0.306 e. The summed E-state index contributed by atoms with van der Waals surface area (Å²) < 4.78 is 16.8. The van der Waals surface area contributed by atoms with Crippen LogP contribution in [0.1, 0.15) is 252 Å². The highest BCUT2D eigenvalue weighted by Crippen LogP contribution is 2.14. The largest absolute Gasteiger partial charge is 0.462 e. The van der Waals surface area contributed by atoms with Crippen LogP contribution in [0.2, 0.25) is 0 Å². The molecule has 0 aromatic carbocycles. The number of carbonyl (C=O) groups is 3. The van der Waals surface area contributed by atoms with Crippen LogP contribution in [-0.2, 0) is 28.6 Å². The van der Waals surface area contributed by atoms with E-state index in [4.69, 9.17) is 14.2 Å². The third kappa shape index (κ3) is 54.9. The molecule has 0 N–H and O–H groups in total. The molecule has 392 valence electrons. The van der Waals surface area contributed by atoms with Crippen LogP contribution in [0.4, 0.5) is 0 Å². The van der Waals surface area contributed by atoms with Crippen molar-refractivity contribution >= 4 is 17.9 Å². The van der Waals surface area contributed by atoms with Gasteiger partial charge in [0.2, 0.25) is 0 Å². The van der Waals surface area contributed by atoms with Gasteiger partial charge in [-0.1, -0.05) is 252 Å². The second-order valence-electron chi connectivity index (χ2n) is 18.6. The SMILES string of the molecule is CC\C=C/C=C\C=C/C=C\C=C/CCCCCC(=O)OCC(COC(=O)CCCCCCC/C=C\C=C/CCCCCCCCC)OC(=O)CCCCCCC/C=C\C=C/CCCCCCCCC. The summed E-state index contributed by atoms with van der Waals surface area (Å²) in [6.45, 7) is 6.43. The zero-order valence-corrected chi connectivity index (χ0v) is 44.8. The molecule has 0 saturated heterocycles. The van der Waals surface area contributed by atoms with Crippen LogP contribution < -0.4 is 0 Å². The molecule has 6 heteroatoms. The lowest BCUT2D eigenvalue weighted by atomic mass is 10.1. The molecule has 0 aromatic heterocycles. The van der Waals surface area contributed by atoms with Crippen LogP contribution in [-0.4, -0.2) is 37.2 Å². The van der Waals surface area contributed by atoms with Crippen molar-refractivity contribution in [2.45, 2.75) is 258 Å². The Bertz CT molecular complexity index is 1420. The van der Waals surface area contributed by atoms with E-state index in [9.17, 15) is 14.4 Å². The number of hydrogen-bond acceptors (Lipinski definition) is 6. The quantitative estimate of drug-likeness (QED) is 0.0262. The Balaban J connectivity index is 4.52. The fourth-order valence-corrected chi connectivity index (χ4v) is 7.62. The Morgan fingerprint density at radius 2 is 0.565 bits per heavy atom. The van der Waals surface area contributed by atoms with Gasteiger partial charge >= 0.3 is 17.9 Å². The van der Waals surface area contributed by atoms with Crippen molar-refractivity contribution in [2.24, 2.45) is 0 Å². The molecule has 0 aliphatic heterocycles. The van der Waals surface area contributed by atoms with E-state index in [2.05, 4.69) is 81.5 Å². The minimum absolute atomic E-state index is 0.108. The van der Waals surface area contributed by atoms with Gasteiger partial charge in [-0.3, -0.25) is 14.4 Å². The van der Waals surface area contributed by atoms with Gasteiger partial charge in [-0.15, -0.1) is 0 Å². The molecule has 0 bridgehead atoms. The van der Waals surface area contributed by atoms with Crippen molar-refractivity contribution in [3.8, 4) is 0 Å². The van der Waals surface area contributed by atoms with Gasteiger partial charge in [0.1, 0.15) is 13.2 Å². The molecule has 0 aliphatic carbocycles. The first-order valence-corrected chi connectivity index (χ1v) is 28.5. The van der Waals surface area contributed by atoms with Gasteiger partial charge in [0, 0.05) is 19.3 Å². The Kier molecular flexibility index (Phi) is 53.4. The Morgan fingerprint density at radius 1 is 0.304 bits per heavy atom. The number of hydrogen-bond donors (Lipinski definition) is 0. The lowest BCUT2D eigenvalue weighted by Gasteiger charge is -2.18. The zero-order chi connectivity index (χ0) is 50.0. The number of carbonyl (C=O) groups excluding carboxylic acids is 3. The van der Waals surface area contributed by atoms with Gasteiger partial charge in [-0.2, -0.15) is 0 Å². The highest BCUT2D eigenvalue weighted by Gasteiger charge is 2.19. The summed E-state index contributed by atoms with van der Waals surface area (Å²) >= 11 is 0. The highest BCUT2D eigenvalue weighted by molar-refractivity contribution is 5.71. The number of esters is 3. The van der Waals surface area contributed by atoms with E-state index in [-0.39, 0.29) is 31.1 Å². The van der Waals surface area contributed by atoms with Crippen molar-refractivity contribution in [2.75, 3.05) is 13.2 Å². The van der Waals surface area contributed by atoms with Gasteiger partial charge in [0.25, 0.3) is 0 Å². The molecule has 0 radical (unpaired) electrons. The van der Waals surface area contributed by atoms with Crippen LogP contribution in [0.15, 0.2) is 109 Å². The maximum absolute atomic E-state index is 12.9. The number of allylic oxidation sites excluding steroid dienone is 18. The molecule has 69 heavy (non-hydrogen) atoms. The molecule has 1 atom stereocenters. The van der Waals surface area contributed by atoms with Crippen LogP contribution in [0, 0.1) is 0 Å². The summed E-state index contributed by atoms with van der Waals surface area (Å²) in [7, 11) is 0. The first kappa shape index (κ1) is 65.1. The molecule has 0 heterocycles. The monoisotopic (exact) mass is 957 g/mol. The zero-order valence-electron chi connectivity index (χ0n) is 44.8. The molecule has 0 saturated carbocycles. The average Bonchev–Trinajstić information content (AvgIpc) is 3.35. The molecule has 6 nitrogen and oxygen atoms in total. The van der Waals surface area contributed by atoms with Crippen LogP contribution in [0.25, 0.3) is 0 Å². The van der Waals surface area contributed by atoms with E-state index in [0.717, 1.165) is 109 Å². The molecular formula is C63H104O6. The lowest BCUT2D eigenvalue weighted by molar-refractivity contribution is -0.167. The van der Waals surface area contributed by atoms with Gasteiger partial charge in [0.05, 0.1) is 0 Å². The van der Waals surface area contributed by atoms with Crippen molar-refractivity contribution in [1.29, 1.82) is 0 Å². The lowest BCUT2D eigenvalue weighted by Crippen LogP contribution is -2.30. The average molecular weight is 958 g/mol. The second-order valence-corrected chi connectivity index (χ2v) is 18.6. The number of ether oxygens (including phenoxy) is 3.